The second-order valence-electron chi connectivity index (χ2n) is 5.03. The lowest BCUT2D eigenvalue weighted by Crippen LogP contribution is -2.57. The molecule has 0 heterocycles. The lowest BCUT2D eigenvalue weighted by atomic mass is 9.79. The second kappa shape index (κ2) is 8.79. The van der Waals surface area contributed by atoms with Crippen LogP contribution >= 0.6 is 0 Å². The quantitative estimate of drug-likeness (QED) is 0.0854. The highest BCUT2D eigenvalue weighted by atomic mass is 16.4. The third-order valence-electron chi connectivity index (χ3n) is 3.13. The van der Waals surface area contributed by atoms with Gasteiger partial charge in [0.1, 0.15) is 0 Å². The predicted octanol–water partition coefficient (Wildman–Crippen LogP) is -3.07. The number of aliphatic hydroxyl groups is 1. The number of hydrogen-bond acceptors (Lipinski definition) is 7. The molecule has 0 saturated heterocycles. The van der Waals surface area contributed by atoms with Crippen molar-refractivity contribution in [2.75, 3.05) is 6.54 Å². The summed E-state index contributed by atoms with van der Waals surface area (Å²) in [6.07, 6.45) is -1.39. The summed E-state index contributed by atoms with van der Waals surface area (Å²) >= 11 is 0. The predicted molar refractivity (Wildman–Crippen MR) is 78.9 cm³/mol. The van der Waals surface area contributed by atoms with Crippen LogP contribution in [-0.4, -0.2) is 68.3 Å². The average molecular weight is 348 g/mol. The summed E-state index contributed by atoms with van der Waals surface area (Å²) in [6, 6.07) is -1.44. The molecule has 0 bridgehead atoms. The third-order valence-corrected chi connectivity index (χ3v) is 3.13. The molecule has 0 aromatic heterocycles. The van der Waals surface area contributed by atoms with Gasteiger partial charge in [-0.25, -0.2) is 4.79 Å². The number of aliphatic carboxylic acids is 3. The van der Waals surface area contributed by atoms with Gasteiger partial charge in [0.2, 0.25) is 0 Å². The van der Waals surface area contributed by atoms with Gasteiger partial charge in [-0.05, 0) is 12.8 Å². The largest absolute Gasteiger partial charge is 0.481 e. The molecule has 12 nitrogen and oxygen atoms in total. The van der Waals surface area contributed by atoms with E-state index in [1.54, 1.807) is 0 Å². The number of nitrogens with zero attached hydrogens (tertiary/aromatic N) is 1. The molecule has 0 radical (unpaired) electrons. The summed E-state index contributed by atoms with van der Waals surface area (Å²) in [6.45, 7) is 0.0966. The van der Waals surface area contributed by atoms with E-state index in [9.17, 15) is 24.3 Å². The number of hydrogen-bond donors (Lipinski definition) is 7. The Morgan fingerprint density at radius 2 is 1.62 bits per heavy atom. The van der Waals surface area contributed by atoms with Gasteiger partial charge < -0.3 is 37.6 Å². The third kappa shape index (κ3) is 5.81. The van der Waals surface area contributed by atoms with Gasteiger partial charge in [0.05, 0.1) is 12.5 Å². The van der Waals surface area contributed by atoms with E-state index in [4.69, 9.17) is 32.5 Å². The Balaban J connectivity index is 5.31. The van der Waals surface area contributed by atoms with E-state index in [2.05, 4.69) is 4.99 Å². The molecule has 0 amide bonds. The lowest BCUT2D eigenvalue weighted by molar-refractivity contribution is -0.181. The Labute approximate surface area is 135 Å². The number of nitrogens with two attached hydrogens (primary N) is 3. The van der Waals surface area contributed by atoms with Crippen LogP contribution in [0.1, 0.15) is 19.3 Å². The van der Waals surface area contributed by atoms with Crippen LogP contribution in [-0.2, 0) is 19.2 Å². The first-order valence-electron chi connectivity index (χ1n) is 6.68. The Kier molecular flexibility index (Phi) is 7.79. The van der Waals surface area contributed by atoms with Gasteiger partial charge in [-0.15, -0.1) is 0 Å². The number of carboxylic acid groups (broad SMARTS) is 3. The Morgan fingerprint density at radius 1 is 1.08 bits per heavy atom. The van der Waals surface area contributed by atoms with Crippen LogP contribution in [0.4, 0.5) is 0 Å². The number of ketones is 1. The molecule has 12 heteroatoms. The van der Waals surface area contributed by atoms with Crippen LogP contribution in [0.2, 0.25) is 0 Å². The van der Waals surface area contributed by atoms with Gasteiger partial charge in [0.15, 0.2) is 23.3 Å². The molecule has 0 aliphatic carbocycles. The van der Waals surface area contributed by atoms with Crippen LogP contribution in [0.5, 0.6) is 0 Å². The highest BCUT2D eigenvalue weighted by Crippen LogP contribution is 2.25. The topological polar surface area (TPSA) is 240 Å². The summed E-state index contributed by atoms with van der Waals surface area (Å²) in [5.74, 6) is -9.98. The van der Waals surface area contributed by atoms with Crippen LogP contribution < -0.4 is 17.2 Å². The summed E-state index contributed by atoms with van der Waals surface area (Å²) in [4.78, 5) is 48.9. The van der Waals surface area contributed by atoms with E-state index in [-0.39, 0.29) is 25.3 Å². The Morgan fingerprint density at radius 3 is 2.00 bits per heavy atom. The van der Waals surface area contributed by atoms with Gasteiger partial charge in [-0.2, -0.15) is 0 Å². The smallest absolute Gasteiger partial charge is 0.337 e. The molecule has 10 N–H and O–H groups in total. The summed E-state index contributed by atoms with van der Waals surface area (Å²) in [5.41, 5.74) is 12.4. The minimum atomic E-state index is -3.33. The van der Waals surface area contributed by atoms with Gasteiger partial charge in [0, 0.05) is 6.54 Å². The van der Waals surface area contributed by atoms with Crippen molar-refractivity contribution >= 4 is 29.7 Å². The van der Waals surface area contributed by atoms with Crippen molar-refractivity contribution < 1.29 is 39.6 Å². The highest BCUT2D eigenvalue weighted by Gasteiger charge is 2.54. The fraction of sp³-hybridized carbons (Fsp3) is 0.583. The summed E-state index contributed by atoms with van der Waals surface area (Å²) in [5, 5.41) is 36.7. The number of guanidine groups is 1. The molecule has 0 aromatic rings. The van der Waals surface area contributed by atoms with Crippen molar-refractivity contribution in [3.8, 4) is 0 Å². The van der Waals surface area contributed by atoms with Gasteiger partial charge >= 0.3 is 17.9 Å². The maximum atomic E-state index is 12.1. The Hall–Kier alpha value is -2.73. The van der Waals surface area contributed by atoms with Crippen molar-refractivity contribution in [3.63, 3.8) is 0 Å². The first-order valence-corrected chi connectivity index (χ1v) is 6.68. The molecule has 0 aromatic carbocycles. The zero-order valence-corrected chi connectivity index (χ0v) is 12.6. The fourth-order valence-electron chi connectivity index (χ4n) is 1.97. The van der Waals surface area contributed by atoms with Crippen molar-refractivity contribution in [3.05, 3.63) is 0 Å². The lowest BCUT2D eigenvalue weighted by Gasteiger charge is -2.28. The van der Waals surface area contributed by atoms with E-state index in [1.165, 1.54) is 0 Å². The first-order chi connectivity index (χ1) is 10.9. The summed E-state index contributed by atoms with van der Waals surface area (Å²) in [7, 11) is 0. The minimum absolute atomic E-state index is 0.0951. The maximum absolute atomic E-state index is 12.1. The summed E-state index contributed by atoms with van der Waals surface area (Å²) < 4.78 is 0. The van der Waals surface area contributed by atoms with E-state index in [1.807, 2.05) is 0 Å². The maximum Gasteiger partial charge on any atom is 0.337 e. The fourth-order valence-corrected chi connectivity index (χ4v) is 1.97. The molecule has 24 heavy (non-hydrogen) atoms. The highest BCUT2D eigenvalue weighted by molar-refractivity contribution is 6.07. The molecule has 3 atom stereocenters. The van der Waals surface area contributed by atoms with E-state index >= 15 is 0 Å². The number of carbonyl (C=O) groups excluding carboxylic acids is 1. The molecule has 0 saturated carbocycles. The van der Waals surface area contributed by atoms with E-state index in [0.717, 1.165) is 0 Å². The molecule has 136 valence electrons. The van der Waals surface area contributed by atoms with Gasteiger partial charge in [0.25, 0.3) is 0 Å². The molecule has 0 fully saturated rings. The monoisotopic (exact) mass is 348 g/mol. The van der Waals surface area contributed by atoms with Crippen LogP contribution in [0.3, 0.4) is 0 Å². The van der Waals surface area contributed by atoms with Crippen molar-refractivity contribution in [1.82, 2.24) is 0 Å². The number of aliphatic imine (C=N–C) groups is 1. The zero-order chi connectivity index (χ0) is 19.1. The van der Waals surface area contributed by atoms with Gasteiger partial charge in [-0.3, -0.25) is 19.4 Å². The van der Waals surface area contributed by atoms with Crippen LogP contribution in [0, 0.1) is 5.92 Å². The molecule has 2 unspecified atom stereocenters. The average Bonchev–Trinajstić information content (AvgIpc) is 2.41. The van der Waals surface area contributed by atoms with Crippen molar-refractivity contribution in [2.24, 2.45) is 28.1 Å². The van der Waals surface area contributed by atoms with E-state index < -0.39 is 47.7 Å². The molecular weight excluding hydrogens is 328 g/mol. The normalized spacial score (nSPS) is 15.6. The molecule has 0 aliphatic rings. The number of rotatable bonds is 11. The molecule has 0 rings (SSSR count). The molecular formula is C12H20N4O8. The second-order valence-corrected chi connectivity index (χ2v) is 5.03. The molecule has 0 aliphatic heterocycles. The number of carboxylic acids is 3. The van der Waals surface area contributed by atoms with Crippen molar-refractivity contribution in [1.29, 1.82) is 0 Å². The molecule has 0 spiro atoms. The van der Waals surface area contributed by atoms with E-state index in [0.29, 0.717) is 0 Å². The van der Waals surface area contributed by atoms with Crippen molar-refractivity contribution in [2.45, 2.75) is 30.9 Å². The standard InChI is InChI=1S/C12H20N4O8/c13-5(2-1-3-16-11(14)15)8(19)7(9(20)21)12(24,10(22)23)4-6(17)18/h5,7,24H,1-4,13H2,(H,17,18)(H,20,21)(H,22,23)(H4,14,15,16)/t5-,7?,12?/m0/s1. The van der Waals surface area contributed by atoms with Crippen LogP contribution in [0.25, 0.3) is 0 Å². The Bertz CT molecular complexity index is 545. The van der Waals surface area contributed by atoms with Gasteiger partial charge in [-0.1, -0.05) is 0 Å². The van der Waals surface area contributed by atoms with Crippen LogP contribution in [0.15, 0.2) is 4.99 Å². The number of Topliss-reactive ketones (excluding diaryl/α,β-unsaturated/α-hetero) is 1. The first kappa shape index (κ1) is 21.3. The SMILES string of the molecule is NC(N)=NCCC[C@H](N)C(=O)C(C(=O)O)C(O)(CC(=O)O)C(=O)O. The minimum Gasteiger partial charge on any atom is -0.481 e. The number of carbonyl (C=O) groups is 4. The zero-order valence-electron chi connectivity index (χ0n) is 12.6.